The Morgan fingerprint density at radius 2 is 2.02 bits per heavy atom. The first-order valence-electron chi connectivity index (χ1n) is 12.5. The van der Waals surface area contributed by atoms with Gasteiger partial charge in [-0.15, -0.1) is 10.2 Å². The van der Waals surface area contributed by atoms with Crippen LogP contribution in [0.3, 0.4) is 0 Å². The van der Waals surface area contributed by atoms with Crippen molar-refractivity contribution in [1.82, 2.24) is 29.8 Å². The van der Waals surface area contributed by atoms with Crippen LogP contribution in [0, 0.1) is 5.82 Å². The van der Waals surface area contributed by atoms with Gasteiger partial charge >= 0.3 is 12.3 Å². The highest BCUT2D eigenvalue weighted by Gasteiger charge is 2.47. The predicted molar refractivity (Wildman–Crippen MR) is 136 cm³/mol. The molecule has 2 atom stereocenters. The van der Waals surface area contributed by atoms with Crippen LogP contribution < -0.4 is 10.1 Å². The van der Waals surface area contributed by atoms with Crippen molar-refractivity contribution in [3.05, 3.63) is 54.0 Å². The zero-order valence-electron chi connectivity index (χ0n) is 21.4. The highest BCUT2D eigenvalue weighted by atomic mass is 19.4. The first kappa shape index (κ1) is 27.5. The quantitative estimate of drug-likeness (QED) is 0.227. The average Bonchev–Trinajstić information content (AvgIpc) is 3.52. The van der Waals surface area contributed by atoms with E-state index in [0.717, 1.165) is 0 Å². The molecule has 1 unspecified atom stereocenters. The molecule has 0 spiro atoms. The summed E-state index contributed by atoms with van der Waals surface area (Å²) in [5, 5.41) is 20.0. The number of methoxy groups -OCH3 is 1. The molecule has 4 heterocycles. The third-order valence-electron chi connectivity index (χ3n) is 6.67. The molecule has 40 heavy (non-hydrogen) atoms. The van der Waals surface area contributed by atoms with Crippen molar-refractivity contribution in [3.8, 4) is 17.3 Å². The lowest BCUT2D eigenvalue weighted by Crippen LogP contribution is -2.40. The molecule has 1 amide bonds. The van der Waals surface area contributed by atoms with Crippen molar-refractivity contribution in [2.24, 2.45) is 0 Å². The topological polar surface area (TPSA) is 114 Å². The SMILES string of the molecule is COCCCOc1cc(F)cc2ccc(-c3nnc4ccc([C@@H](N5CCC(NC(=O)O)C5)C(F)(F)F)cn34)nc12. The second kappa shape index (κ2) is 11.2. The number of likely N-dealkylation sites (tertiary alicyclic amines) is 1. The van der Waals surface area contributed by atoms with Crippen LogP contribution in [0.2, 0.25) is 0 Å². The van der Waals surface area contributed by atoms with Crippen LogP contribution in [0.25, 0.3) is 28.1 Å². The van der Waals surface area contributed by atoms with Gasteiger partial charge in [0.1, 0.15) is 28.8 Å². The van der Waals surface area contributed by atoms with Crippen molar-refractivity contribution in [1.29, 1.82) is 0 Å². The third-order valence-corrected chi connectivity index (χ3v) is 6.67. The number of benzene rings is 1. The van der Waals surface area contributed by atoms with E-state index in [1.807, 2.05) is 0 Å². The van der Waals surface area contributed by atoms with Gasteiger partial charge in [-0.05, 0) is 30.2 Å². The van der Waals surface area contributed by atoms with E-state index in [9.17, 15) is 22.4 Å². The molecule has 4 aromatic rings. The number of carboxylic acid groups (broad SMARTS) is 1. The number of nitrogens with one attached hydrogen (secondary N) is 1. The number of nitrogens with zero attached hydrogens (tertiary/aromatic N) is 5. The number of hydrogen-bond acceptors (Lipinski definition) is 7. The van der Waals surface area contributed by atoms with E-state index in [1.54, 1.807) is 19.2 Å². The van der Waals surface area contributed by atoms with Crippen LogP contribution in [0.4, 0.5) is 22.4 Å². The summed E-state index contributed by atoms with van der Waals surface area (Å²) in [5.74, 6) is -0.0819. The molecule has 1 aliphatic rings. The normalized spacial score (nSPS) is 17.0. The number of fused-ring (bicyclic) bond motifs is 2. The lowest BCUT2D eigenvalue weighted by Gasteiger charge is -2.30. The Bertz CT molecular complexity index is 1530. The van der Waals surface area contributed by atoms with Gasteiger partial charge in [-0.2, -0.15) is 13.2 Å². The number of ether oxygens (including phenoxy) is 2. The van der Waals surface area contributed by atoms with E-state index in [4.69, 9.17) is 14.6 Å². The maximum atomic E-state index is 14.3. The first-order chi connectivity index (χ1) is 19.1. The highest BCUT2D eigenvalue weighted by Crippen LogP contribution is 2.40. The summed E-state index contributed by atoms with van der Waals surface area (Å²) in [4.78, 5) is 16.8. The van der Waals surface area contributed by atoms with Gasteiger partial charge in [0.2, 0.25) is 0 Å². The van der Waals surface area contributed by atoms with Crippen LogP contribution in [0.15, 0.2) is 42.6 Å². The number of alkyl halides is 3. The number of halogens is 4. The molecular formula is C26H26F4N6O4. The number of amides is 1. The van der Waals surface area contributed by atoms with E-state index in [2.05, 4.69) is 20.5 Å². The van der Waals surface area contributed by atoms with Gasteiger partial charge in [-0.25, -0.2) is 14.2 Å². The lowest BCUT2D eigenvalue weighted by atomic mass is 10.1. The monoisotopic (exact) mass is 562 g/mol. The van der Waals surface area contributed by atoms with Crippen molar-refractivity contribution < 1.29 is 36.9 Å². The number of rotatable bonds is 9. The van der Waals surface area contributed by atoms with Gasteiger partial charge in [0.15, 0.2) is 11.5 Å². The molecule has 10 nitrogen and oxygen atoms in total. The fourth-order valence-electron chi connectivity index (χ4n) is 4.95. The smallest absolute Gasteiger partial charge is 0.408 e. The Balaban J connectivity index is 1.51. The Kier molecular flexibility index (Phi) is 7.72. The summed E-state index contributed by atoms with van der Waals surface area (Å²) in [7, 11) is 1.56. The van der Waals surface area contributed by atoms with E-state index in [0.29, 0.717) is 35.3 Å². The third kappa shape index (κ3) is 5.77. The van der Waals surface area contributed by atoms with Crippen LogP contribution in [-0.4, -0.2) is 81.3 Å². The summed E-state index contributed by atoms with van der Waals surface area (Å²) in [6, 6.07) is 5.96. The molecule has 0 bridgehead atoms. The zero-order valence-corrected chi connectivity index (χ0v) is 21.4. The van der Waals surface area contributed by atoms with Gasteiger partial charge in [0.25, 0.3) is 0 Å². The molecular weight excluding hydrogens is 536 g/mol. The fourth-order valence-corrected chi connectivity index (χ4v) is 4.95. The molecule has 0 saturated carbocycles. The van der Waals surface area contributed by atoms with Crippen LogP contribution in [-0.2, 0) is 4.74 Å². The standard InChI is InChI=1S/C26H26F4N6O4/c1-39-9-2-10-40-20-12-17(27)11-15-3-5-19(32-22(15)20)24-34-33-21-6-4-16(13-36(21)24)23(26(28,29)30)35-8-7-18(14-35)31-25(37)38/h3-6,11-13,18,23,31H,2,7-10,14H2,1H3,(H,37,38)/t18?,23-/m1/s1. The van der Waals surface area contributed by atoms with Gasteiger partial charge in [0.05, 0.1) is 6.61 Å². The summed E-state index contributed by atoms with van der Waals surface area (Å²) in [5.41, 5.74) is 0.929. The first-order valence-corrected chi connectivity index (χ1v) is 12.5. The molecule has 212 valence electrons. The summed E-state index contributed by atoms with van der Waals surface area (Å²) >= 11 is 0. The van der Waals surface area contributed by atoms with E-state index in [1.165, 1.54) is 39.8 Å². The lowest BCUT2D eigenvalue weighted by molar-refractivity contribution is -0.184. The molecule has 3 aromatic heterocycles. The second-order valence-electron chi connectivity index (χ2n) is 9.46. The largest absolute Gasteiger partial charge is 0.491 e. The van der Waals surface area contributed by atoms with Crippen LogP contribution in [0.1, 0.15) is 24.4 Å². The minimum Gasteiger partial charge on any atom is -0.491 e. The van der Waals surface area contributed by atoms with Crippen molar-refractivity contribution in [2.45, 2.75) is 31.1 Å². The summed E-state index contributed by atoms with van der Waals surface area (Å²) in [6.45, 7) is 0.721. The van der Waals surface area contributed by atoms with Crippen molar-refractivity contribution in [2.75, 3.05) is 33.4 Å². The van der Waals surface area contributed by atoms with Crippen LogP contribution >= 0.6 is 0 Å². The summed E-state index contributed by atoms with van der Waals surface area (Å²) < 4.78 is 69.3. The van der Waals surface area contributed by atoms with Gasteiger partial charge in [0, 0.05) is 56.9 Å². The van der Waals surface area contributed by atoms with Gasteiger partial charge in [-0.1, -0.05) is 12.1 Å². The predicted octanol–water partition coefficient (Wildman–Crippen LogP) is 4.44. The Labute approximate surface area is 225 Å². The summed E-state index contributed by atoms with van der Waals surface area (Å²) in [6.07, 6.45) is -3.74. The van der Waals surface area contributed by atoms with Crippen molar-refractivity contribution in [3.63, 3.8) is 0 Å². The molecule has 1 fully saturated rings. The molecule has 5 rings (SSSR count). The number of hydrogen-bond donors (Lipinski definition) is 2. The zero-order chi connectivity index (χ0) is 28.4. The highest BCUT2D eigenvalue weighted by molar-refractivity contribution is 5.86. The van der Waals surface area contributed by atoms with Gasteiger partial charge in [-0.3, -0.25) is 9.30 Å². The molecule has 1 saturated heterocycles. The minimum absolute atomic E-state index is 0.0537. The van der Waals surface area contributed by atoms with Crippen molar-refractivity contribution >= 4 is 22.6 Å². The maximum Gasteiger partial charge on any atom is 0.408 e. The molecule has 1 aliphatic heterocycles. The molecule has 2 N–H and O–H groups in total. The van der Waals surface area contributed by atoms with Crippen LogP contribution in [0.5, 0.6) is 5.75 Å². The molecule has 14 heteroatoms. The second-order valence-corrected chi connectivity index (χ2v) is 9.46. The molecule has 1 aromatic carbocycles. The number of aromatic nitrogens is 4. The Hall–Kier alpha value is -4.04. The van der Waals surface area contributed by atoms with Gasteiger partial charge < -0.3 is 19.9 Å². The van der Waals surface area contributed by atoms with E-state index < -0.39 is 30.2 Å². The minimum atomic E-state index is -4.62. The Morgan fingerprint density at radius 3 is 2.77 bits per heavy atom. The maximum absolute atomic E-state index is 14.3. The fraction of sp³-hybridized carbons (Fsp3) is 0.385. The Morgan fingerprint density at radius 1 is 1.20 bits per heavy atom. The van der Waals surface area contributed by atoms with E-state index in [-0.39, 0.29) is 43.3 Å². The average molecular weight is 563 g/mol. The van der Waals surface area contributed by atoms with E-state index >= 15 is 0 Å². The molecule has 0 aliphatic carbocycles. The number of carbonyl (C=O) groups is 1. The molecule has 0 radical (unpaired) electrons. The number of pyridine rings is 2.